The van der Waals surface area contributed by atoms with Gasteiger partial charge in [0.25, 0.3) is 0 Å². The lowest BCUT2D eigenvalue weighted by Crippen LogP contribution is -2.44. The summed E-state index contributed by atoms with van der Waals surface area (Å²) in [6.07, 6.45) is 5.18. The van der Waals surface area contributed by atoms with Gasteiger partial charge in [0, 0.05) is 22.6 Å². The maximum Gasteiger partial charge on any atom is 0.246 e. The van der Waals surface area contributed by atoms with Gasteiger partial charge in [0.15, 0.2) is 0 Å². The van der Waals surface area contributed by atoms with Gasteiger partial charge in [0.05, 0.1) is 13.2 Å². The maximum atomic E-state index is 5.68. The SMILES string of the molecule is Brc1cccc(-c2noc([C@@H]3COCCN3C3CCCC3)n2)c1. The molecule has 1 aliphatic carbocycles. The first-order valence-corrected chi connectivity index (χ1v) is 9.03. The van der Waals surface area contributed by atoms with E-state index in [4.69, 9.17) is 9.26 Å². The van der Waals surface area contributed by atoms with Crippen LogP contribution in [0.5, 0.6) is 0 Å². The van der Waals surface area contributed by atoms with E-state index < -0.39 is 0 Å². The summed E-state index contributed by atoms with van der Waals surface area (Å²) in [4.78, 5) is 7.16. The Morgan fingerprint density at radius 3 is 2.91 bits per heavy atom. The lowest BCUT2D eigenvalue weighted by molar-refractivity contribution is -0.0397. The number of morpholine rings is 1. The van der Waals surface area contributed by atoms with Gasteiger partial charge in [-0.15, -0.1) is 0 Å². The Balaban J connectivity index is 1.59. The van der Waals surface area contributed by atoms with Crippen molar-refractivity contribution in [1.82, 2.24) is 15.0 Å². The van der Waals surface area contributed by atoms with Crippen molar-refractivity contribution in [1.29, 1.82) is 0 Å². The topological polar surface area (TPSA) is 51.4 Å². The Bertz CT molecular complexity index is 669. The molecule has 1 aromatic heterocycles. The van der Waals surface area contributed by atoms with Crippen LogP contribution in [0.3, 0.4) is 0 Å². The fraction of sp³-hybridized carbons (Fsp3) is 0.529. The summed E-state index contributed by atoms with van der Waals surface area (Å²) in [6.45, 7) is 2.38. The molecule has 0 spiro atoms. The highest BCUT2D eigenvalue weighted by Crippen LogP contribution is 2.33. The highest BCUT2D eigenvalue weighted by Gasteiger charge is 2.35. The number of aromatic nitrogens is 2. The van der Waals surface area contributed by atoms with Crippen LogP contribution in [-0.4, -0.2) is 40.8 Å². The van der Waals surface area contributed by atoms with Gasteiger partial charge in [-0.05, 0) is 25.0 Å². The number of benzene rings is 1. The first kappa shape index (κ1) is 15.3. The quantitative estimate of drug-likeness (QED) is 0.813. The molecule has 1 aromatic carbocycles. The van der Waals surface area contributed by atoms with Gasteiger partial charge in [-0.3, -0.25) is 4.90 Å². The molecule has 1 atom stereocenters. The van der Waals surface area contributed by atoms with Gasteiger partial charge < -0.3 is 9.26 Å². The molecule has 2 aliphatic rings. The molecule has 0 N–H and O–H groups in total. The molecule has 0 unspecified atom stereocenters. The predicted molar refractivity (Wildman–Crippen MR) is 90.0 cm³/mol. The van der Waals surface area contributed by atoms with Crippen LogP contribution in [-0.2, 0) is 4.74 Å². The van der Waals surface area contributed by atoms with E-state index in [2.05, 4.69) is 31.0 Å². The smallest absolute Gasteiger partial charge is 0.246 e. The molecule has 1 saturated carbocycles. The van der Waals surface area contributed by atoms with Crippen molar-refractivity contribution in [3.05, 3.63) is 34.6 Å². The monoisotopic (exact) mass is 377 g/mol. The number of nitrogens with zero attached hydrogens (tertiary/aromatic N) is 3. The third-order valence-corrected chi connectivity index (χ3v) is 5.27. The van der Waals surface area contributed by atoms with Crippen molar-refractivity contribution in [2.45, 2.75) is 37.8 Å². The molecule has 2 fully saturated rings. The zero-order chi connectivity index (χ0) is 15.6. The minimum atomic E-state index is 0.0836. The third kappa shape index (κ3) is 3.20. The largest absolute Gasteiger partial charge is 0.378 e. The number of hydrogen-bond donors (Lipinski definition) is 0. The van der Waals surface area contributed by atoms with Crippen LogP contribution in [0.25, 0.3) is 11.4 Å². The molecule has 5 nitrogen and oxygen atoms in total. The molecular weight excluding hydrogens is 358 g/mol. The summed E-state index contributed by atoms with van der Waals surface area (Å²) in [5, 5.41) is 4.17. The average molecular weight is 378 g/mol. The molecule has 0 amide bonds. The van der Waals surface area contributed by atoms with Gasteiger partial charge in [-0.2, -0.15) is 4.98 Å². The Labute approximate surface area is 144 Å². The van der Waals surface area contributed by atoms with Crippen LogP contribution >= 0.6 is 15.9 Å². The van der Waals surface area contributed by atoms with Crippen LogP contribution in [0.2, 0.25) is 0 Å². The summed E-state index contributed by atoms with van der Waals surface area (Å²) >= 11 is 3.48. The number of rotatable bonds is 3. The second-order valence-electron chi connectivity index (χ2n) is 6.23. The van der Waals surface area contributed by atoms with Crippen molar-refractivity contribution >= 4 is 15.9 Å². The fourth-order valence-electron chi connectivity index (χ4n) is 3.62. The van der Waals surface area contributed by atoms with E-state index >= 15 is 0 Å². The highest BCUT2D eigenvalue weighted by atomic mass is 79.9. The lowest BCUT2D eigenvalue weighted by Gasteiger charge is -2.37. The molecule has 6 heteroatoms. The summed E-state index contributed by atoms with van der Waals surface area (Å²) in [7, 11) is 0. The molecule has 122 valence electrons. The molecule has 0 radical (unpaired) electrons. The molecule has 1 saturated heterocycles. The molecule has 4 rings (SSSR count). The highest BCUT2D eigenvalue weighted by molar-refractivity contribution is 9.10. The first-order chi connectivity index (χ1) is 11.3. The van der Waals surface area contributed by atoms with Crippen molar-refractivity contribution in [3.8, 4) is 11.4 Å². The Morgan fingerprint density at radius 2 is 2.09 bits per heavy atom. The second kappa shape index (κ2) is 6.71. The Kier molecular flexibility index (Phi) is 4.46. The second-order valence-corrected chi connectivity index (χ2v) is 7.15. The van der Waals surface area contributed by atoms with E-state index in [0.717, 1.165) is 23.2 Å². The van der Waals surface area contributed by atoms with E-state index in [1.165, 1.54) is 25.7 Å². The minimum absolute atomic E-state index is 0.0836. The van der Waals surface area contributed by atoms with E-state index in [1.807, 2.05) is 24.3 Å². The van der Waals surface area contributed by atoms with Crippen molar-refractivity contribution in [2.24, 2.45) is 0 Å². The zero-order valence-corrected chi connectivity index (χ0v) is 14.5. The predicted octanol–water partition coefficient (Wildman–Crippen LogP) is 3.82. The molecule has 0 bridgehead atoms. The van der Waals surface area contributed by atoms with Gasteiger partial charge in [0.2, 0.25) is 11.7 Å². The Morgan fingerprint density at radius 1 is 1.22 bits per heavy atom. The van der Waals surface area contributed by atoms with E-state index in [1.54, 1.807) is 0 Å². The van der Waals surface area contributed by atoms with Crippen LogP contribution in [0.15, 0.2) is 33.3 Å². The summed E-state index contributed by atoms with van der Waals surface area (Å²) in [5.74, 6) is 1.31. The minimum Gasteiger partial charge on any atom is -0.378 e. The fourth-order valence-corrected chi connectivity index (χ4v) is 4.02. The third-order valence-electron chi connectivity index (χ3n) is 4.77. The van der Waals surface area contributed by atoms with Crippen molar-refractivity contribution < 1.29 is 9.26 Å². The van der Waals surface area contributed by atoms with Crippen LogP contribution < -0.4 is 0 Å². The lowest BCUT2D eigenvalue weighted by atomic mass is 10.1. The summed E-state index contributed by atoms with van der Waals surface area (Å²) < 4.78 is 12.3. The van der Waals surface area contributed by atoms with Gasteiger partial charge >= 0.3 is 0 Å². The zero-order valence-electron chi connectivity index (χ0n) is 12.9. The first-order valence-electron chi connectivity index (χ1n) is 8.24. The molecule has 2 heterocycles. The number of halogens is 1. The van der Waals surface area contributed by atoms with Crippen molar-refractivity contribution in [3.63, 3.8) is 0 Å². The Hall–Kier alpha value is -1.24. The average Bonchev–Trinajstić information content (AvgIpc) is 3.27. The maximum absolute atomic E-state index is 5.68. The van der Waals surface area contributed by atoms with E-state index in [0.29, 0.717) is 24.4 Å². The van der Waals surface area contributed by atoms with Gasteiger partial charge in [-0.25, -0.2) is 0 Å². The summed E-state index contributed by atoms with van der Waals surface area (Å²) in [5.41, 5.74) is 0.957. The van der Waals surface area contributed by atoms with Crippen LogP contribution in [0.4, 0.5) is 0 Å². The van der Waals surface area contributed by atoms with Crippen molar-refractivity contribution in [2.75, 3.05) is 19.8 Å². The molecule has 23 heavy (non-hydrogen) atoms. The van der Waals surface area contributed by atoms with E-state index in [9.17, 15) is 0 Å². The molecular formula is C17H20BrN3O2. The number of hydrogen-bond acceptors (Lipinski definition) is 5. The van der Waals surface area contributed by atoms with Gasteiger partial charge in [-0.1, -0.05) is 46.1 Å². The molecule has 1 aliphatic heterocycles. The van der Waals surface area contributed by atoms with E-state index in [-0.39, 0.29) is 6.04 Å². The standard InChI is InChI=1S/C17H20BrN3O2/c18-13-5-3-4-12(10-13)16-19-17(23-20-16)15-11-22-9-8-21(15)14-6-1-2-7-14/h3-5,10,14-15H,1-2,6-9,11H2/t15-/m0/s1. The van der Waals surface area contributed by atoms with Crippen LogP contribution in [0, 0.1) is 0 Å². The normalized spacial score (nSPS) is 23.4. The van der Waals surface area contributed by atoms with Crippen LogP contribution in [0.1, 0.15) is 37.6 Å². The van der Waals surface area contributed by atoms with Gasteiger partial charge in [0.1, 0.15) is 6.04 Å². The summed E-state index contributed by atoms with van der Waals surface area (Å²) in [6, 6.07) is 8.67. The molecule has 2 aromatic rings. The number of ether oxygens (including phenoxy) is 1.